The summed E-state index contributed by atoms with van der Waals surface area (Å²) in [5.41, 5.74) is 5.76. The monoisotopic (exact) mass is 267 g/mol. The fourth-order valence-corrected chi connectivity index (χ4v) is 1.81. The van der Waals surface area contributed by atoms with Gasteiger partial charge in [-0.2, -0.15) is 0 Å². The predicted octanol–water partition coefficient (Wildman–Crippen LogP) is 3.67. The van der Waals surface area contributed by atoms with Crippen LogP contribution in [0.15, 0.2) is 24.3 Å². The summed E-state index contributed by atoms with van der Waals surface area (Å²) in [5, 5.41) is 0. The maximum Gasteiger partial charge on any atom is 0.137 e. The zero-order chi connectivity index (χ0) is 14.2. The number of benzene rings is 2. The Hall–Kier alpha value is -2.17. The number of nitrogen functional groups attached to an aromatic ring is 1. The topological polar surface area (TPSA) is 35.2 Å². The van der Waals surface area contributed by atoms with Gasteiger partial charge in [-0.05, 0) is 24.6 Å². The highest BCUT2D eigenvalue weighted by atomic mass is 19.1. The van der Waals surface area contributed by atoms with Gasteiger partial charge >= 0.3 is 0 Å². The molecule has 0 fully saturated rings. The number of hydrogen-bond donors (Lipinski definition) is 1. The van der Waals surface area contributed by atoms with Gasteiger partial charge in [-0.3, -0.25) is 0 Å². The summed E-state index contributed by atoms with van der Waals surface area (Å²) in [4.78, 5) is 0. The van der Waals surface area contributed by atoms with E-state index in [0.29, 0.717) is 5.56 Å². The Bertz CT molecular complexity index is 618. The molecule has 2 N–H and O–H groups in total. The highest BCUT2D eigenvalue weighted by molar-refractivity contribution is 5.71. The van der Waals surface area contributed by atoms with E-state index >= 15 is 0 Å². The molecular weight excluding hydrogens is 255 g/mol. The van der Waals surface area contributed by atoms with Gasteiger partial charge in [0.25, 0.3) is 0 Å². The van der Waals surface area contributed by atoms with E-state index in [1.54, 1.807) is 6.92 Å². The molecule has 2 rings (SSSR count). The van der Waals surface area contributed by atoms with E-state index in [9.17, 15) is 13.2 Å². The number of hydrogen-bond acceptors (Lipinski definition) is 2. The van der Waals surface area contributed by atoms with Crippen LogP contribution in [0.2, 0.25) is 0 Å². The minimum atomic E-state index is -0.904. The minimum absolute atomic E-state index is 0.0271. The van der Waals surface area contributed by atoms with Crippen molar-refractivity contribution >= 4 is 5.69 Å². The van der Waals surface area contributed by atoms with Crippen LogP contribution in [-0.2, 0) is 0 Å². The predicted molar refractivity (Wildman–Crippen MR) is 67.5 cm³/mol. The van der Waals surface area contributed by atoms with Gasteiger partial charge in [-0.25, -0.2) is 13.2 Å². The van der Waals surface area contributed by atoms with Gasteiger partial charge in [0.1, 0.15) is 23.2 Å². The van der Waals surface area contributed by atoms with Gasteiger partial charge in [-0.1, -0.05) is 0 Å². The van der Waals surface area contributed by atoms with Crippen molar-refractivity contribution in [3.05, 3.63) is 47.3 Å². The summed E-state index contributed by atoms with van der Waals surface area (Å²) >= 11 is 0. The first-order valence-corrected chi connectivity index (χ1v) is 5.53. The molecule has 0 aliphatic rings. The van der Waals surface area contributed by atoms with Crippen molar-refractivity contribution in [1.82, 2.24) is 0 Å². The van der Waals surface area contributed by atoms with Gasteiger partial charge in [0, 0.05) is 23.4 Å². The molecule has 19 heavy (non-hydrogen) atoms. The quantitative estimate of drug-likeness (QED) is 0.842. The van der Waals surface area contributed by atoms with Gasteiger partial charge < -0.3 is 10.5 Å². The van der Waals surface area contributed by atoms with Crippen LogP contribution in [0, 0.1) is 24.4 Å². The summed E-state index contributed by atoms with van der Waals surface area (Å²) < 4.78 is 46.3. The van der Waals surface area contributed by atoms with E-state index < -0.39 is 23.0 Å². The number of anilines is 1. The van der Waals surface area contributed by atoms with Crippen LogP contribution in [0.4, 0.5) is 18.9 Å². The summed E-state index contributed by atoms with van der Waals surface area (Å²) in [7, 11) is 1.29. The second kappa shape index (κ2) is 4.84. The van der Waals surface area contributed by atoms with Crippen LogP contribution in [0.3, 0.4) is 0 Å². The van der Waals surface area contributed by atoms with Crippen molar-refractivity contribution in [3.63, 3.8) is 0 Å². The first-order chi connectivity index (χ1) is 8.93. The molecule has 0 unspecified atom stereocenters. The van der Waals surface area contributed by atoms with E-state index in [1.165, 1.54) is 13.2 Å². The van der Waals surface area contributed by atoms with Gasteiger partial charge in [-0.15, -0.1) is 0 Å². The Labute approximate surface area is 108 Å². The lowest BCUT2D eigenvalue weighted by Crippen LogP contribution is -1.98. The molecule has 2 nitrogen and oxygen atoms in total. The van der Waals surface area contributed by atoms with Crippen LogP contribution in [0.1, 0.15) is 5.56 Å². The first-order valence-electron chi connectivity index (χ1n) is 5.53. The molecule has 5 heteroatoms. The number of rotatable bonds is 2. The van der Waals surface area contributed by atoms with E-state index in [2.05, 4.69) is 0 Å². The van der Waals surface area contributed by atoms with E-state index in [0.717, 1.165) is 18.2 Å². The van der Waals surface area contributed by atoms with Crippen molar-refractivity contribution in [2.45, 2.75) is 6.92 Å². The smallest absolute Gasteiger partial charge is 0.137 e. The summed E-state index contributed by atoms with van der Waals surface area (Å²) in [5.74, 6) is -2.51. The highest BCUT2D eigenvalue weighted by Gasteiger charge is 2.18. The fourth-order valence-electron chi connectivity index (χ4n) is 1.81. The lowest BCUT2D eigenvalue weighted by atomic mass is 10.0. The zero-order valence-electron chi connectivity index (χ0n) is 10.4. The van der Waals surface area contributed by atoms with Crippen molar-refractivity contribution in [2.24, 2.45) is 0 Å². The normalized spacial score (nSPS) is 10.6. The lowest BCUT2D eigenvalue weighted by Gasteiger charge is -2.11. The third-order valence-corrected chi connectivity index (χ3v) is 2.88. The molecule has 0 heterocycles. The van der Waals surface area contributed by atoms with Crippen molar-refractivity contribution in [1.29, 1.82) is 0 Å². The molecule has 0 amide bonds. The Kier molecular flexibility index (Phi) is 3.38. The van der Waals surface area contributed by atoms with Crippen molar-refractivity contribution in [3.8, 4) is 16.9 Å². The maximum absolute atomic E-state index is 13.9. The largest absolute Gasteiger partial charge is 0.497 e. The average molecular weight is 267 g/mol. The molecule has 0 aliphatic heterocycles. The van der Waals surface area contributed by atoms with E-state index in [-0.39, 0.29) is 17.0 Å². The third-order valence-electron chi connectivity index (χ3n) is 2.88. The maximum atomic E-state index is 13.9. The molecule has 0 atom stereocenters. The second-order valence-corrected chi connectivity index (χ2v) is 4.15. The Morgan fingerprint density at radius 2 is 1.53 bits per heavy atom. The Balaban J connectivity index is 2.69. The van der Waals surface area contributed by atoms with Crippen LogP contribution in [-0.4, -0.2) is 7.11 Å². The molecule has 2 aromatic rings. The molecule has 2 aromatic carbocycles. The van der Waals surface area contributed by atoms with E-state index in [1.807, 2.05) is 0 Å². The standard InChI is InChI=1S/C14H12F3NO/c1-7-3-10(15)9(6-13(7)18)14-11(16)4-8(19-2)5-12(14)17/h3-6H,18H2,1-2H3. The molecule has 100 valence electrons. The molecule has 0 spiro atoms. The summed E-state index contributed by atoms with van der Waals surface area (Å²) in [6.07, 6.45) is 0. The average Bonchev–Trinajstić information content (AvgIpc) is 2.34. The molecule has 0 saturated carbocycles. The van der Waals surface area contributed by atoms with Crippen molar-refractivity contribution < 1.29 is 17.9 Å². The van der Waals surface area contributed by atoms with Gasteiger partial charge in [0.2, 0.25) is 0 Å². The van der Waals surface area contributed by atoms with Gasteiger partial charge in [0.15, 0.2) is 0 Å². The second-order valence-electron chi connectivity index (χ2n) is 4.15. The minimum Gasteiger partial charge on any atom is -0.497 e. The fraction of sp³-hybridized carbons (Fsp3) is 0.143. The van der Waals surface area contributed by atoms with Crippen LogP contribution in [0.5, 0.6) is 5.75 Å². The molecule has 0 aromatic heterocycles. The lowest BCUT2D eigenvalue weighted by molar-refractivity contribution is 0.407. The number of halogens is 3. The van der Waals surface area contributed by atoms with E-state index in [4.69, 9.17) is 10.5 Å². The van der Waals surface area contributed by atoms with Gasteiger partial charge in [0.05, 0.1) is 12.7 Å². The van der Waals surface area contributed by atoms with Crippen LogP contribution in [0.25, 0.3) is 11.1 Å². The zero-order valence-corrected chi connectivity index (χ0v) is 10.4. The SMILES string of the molecule is COc1cc(F)c(-c2cc(N)c(C)cc2F)c(F)c1. The van der Waals surface area contributed by atoms with Crippen LogP contribution < -0.4 is 10.5 Å². The molecule has 0 radical (unpaired) electrons. The first kappa shape index (κ1) is 13.3. The molecule has 0 bridgehead atoms. The molecular formula is C14H12F3NO. The molecule has 0 aliphatic carbocycles. The van der Waals surface area contributed by atoms with Crippen molar-refractivity contribution in [2.75, 3.05) is 12.8 Å². The molecule has 0 saturated heterocycles. The summed E-state index contributed by atoms with van der Waals surface area (Å²) in [6, 6.07) is 4.36. The number of methoxy groups -OCH3 is 1. The Morgan fingerprint density at radius 3 is 2.05 bits per heavy atom. The highest BCUT2D eigenvalue weighted by Crippen LogP contribution is 2.33. The third kappa shape index (κ3) is 2.36. The number of nitrogens with two attached hydrogens (primary N) is 1. The number of ether oxygens (including phenoxy) is 1. The number of aryl methyl sites for hydroxylation is 1. The Morgan fingerprint density at radius 1 is 0.947 bits per heavy atom. The van der Waals surface area contributed by atoms with Crippen LogP contribution >= 0.6 is 0 Å². The summed E-state index contributed by atoms with van der Waals surface area (Å²) in [6.45, 7) is 1.61.